The minimum atomic E-state index is -1.48. The van der Waals surface area contributed by atoms with Gasteiger partial charge in [-0.15, -0.1) is 0 Å². The van der Waals surface area contributed by atoms with Crippen molar-refractivity contribution in [3.8, 4) is 0 Å². The molecule has 1 saturated heterocycles. The summed E-state index contributed by atoms with van der Waals surface area (Å²) in [6.07, 6.45) is 0.657. The van der Waals surface area contributed by atoms with Crippen molar-refractivity contribution in [2.45, 2.75) is 32.4 Å². The highest BCUT2D eigenvalue weighted by Crippen LogP contribution is 2.33. The number of hydrogen-bond acceptors (Lipinski definition) is 3. The van der Waals surface area contributed by atoms with Gasteiger partial charge < -0.3 is 10.1 Å². The van der Waals surface area contributed by atoms with E-state index in [2.05, 4.69) is 5.32 Å². The van der Waals surface area contributed by atoms with E-state index in [1.807, 2.05) is 11.8 Å². The molecular weight excluding hydrogens is 321 g/mol. The van der Waals surface area contributed by atoms with Crippen LogP contribution in [0.3, 0.4) is 0 Å². The van der Waals surface area contributed by atoms with Crippen LogP contribution in [0.25, 0.3) is 0 Å². The lowest BCUT2D eigenvalue weighted by atomic mass is 9.98. The van der Waals surface area contributed by atoms with E-state index in [0.29, 0.717) is 31.7 Å². The molecule has 1 aliphatic rings. The van der Waals surface area contributed by atoms with Crippen molar-refractivity contribution in [3.63, 3.8) is 0 Å². The maximum absolute atomic E-state index is 13.6. The van der Waals surface area contributed by atoms with E-state index in [0.717, 1.165) is 12.1 Å². The fourth-order valence-electron chi connectivity index (χ4n) is 3.20. The number of rotatable bonds is 6. The van der Waals surface area contributed by atoms with Gasteiger partial charge in [-0.3, -0.25) is 9.69 Å². The molecule has 0 radical (unpaired) electrons. The molecule has 134 valence electrons. The summed E-state index contributed by atoms with van der Waals surface area (Å²) in [6, 6.07) is 1.34. The second-order valence-corrected chi connectivity index (χ2v) is 6.13. The fraction of sp³-hybridized carbons (Fsp3) is 0.588. The first-order valence-corrected chi connectivity index (χ1v) is 8.06. The van der Waals surface area contributed by atoms with Gasteiger partial charge in [0.15, 0.2) is 17.5 Å². The molecule has 1 fully saturated rings. The molecule has 24 heavy (non-hydrogen) atoms. The molecule has 2 rings (SSSR count). The van der Waals surface area contributed by atoms with E-state index in [-0.39, 0.29) is 17.9 Å². The Kier molecular flexibility index (Phi) is 6.23. The van der Waals surface area contributed by atoms with E-state index >= 15 is 0 Å². The van der Waals surface area contributed by atoms with Gasteiger partial charge in [-0.1, -0.05) is 13.8 Å². The van der Waals surface area contributed by atoms with Gasteiger partial charge >= 0.3 is 0 Å². The van der Waals surface area contributed by atoms with Crippen LogP contribution in [0.5, 0.6) is 0 Å². The summed E-state index contributed by atoms with van der Waals surface area (Å²) in [4.78, 5) is 14.2. The second-order valence-electron chi connectivity index (χ2n) is 6.13. The average molecular weight is 344 g/mol. The molecular formula is C17H23F3N2O2. The van der Waals surface area contributed by atoms with Gasteiger partial charge in [0.1, 0.15) is 0 Å². The second kappa shape index (κ2) is 7.98. The van der Waals surface area contributed by atoms with Crippen LogP contribution < -0.4 is 5.32 Å². The van der Waals surface area contributed by atoms with Crippen LogP contribution in [0.1, 0.15) is 31.9 Å². The minimum Gasteiger partial charge on any atom is -0.384 e. The van der Waals surface area contributed by atoms with Crippen LogP contribution >= 0.6 is 0 Å². The third-order valence-electron chi connectivity index (χ3n) is 4.45. The zero-order valence-corrected chi connectivity index (χ0v) is 14.1. The molecule has 4 nitrogen and oxygen atoms in total. The molecule has 1 aliphatic heterocycles. The van der Waals surface area contributed by atoms with Crippen molar-refractivity contribution in [1.82, 2.24) is 10.2 Å². The minimum absolute atomic E-state index is 0.173. The first-order chi connectivity index (χ1) is 11.4. The van der Waals surface area contributed by atoms with Gasteiger partial charge in [-0.2, -0.15) is 0 Å². The number of amides is 1. The first-order valence-electron chi connectivity index (χ1n) is 8.06. The third-order valence-corrected chi connectivity index (χ3v) is 4.45. The van der Waals surface area contributed by atoms with Crippen molar-refractivity contribution < 1.29 is 22.7 Å². The molecule has 0 bridgehead atoms. The van der Waals surface area contributed by atoms with Crippen LogP contribution in [0.2, 0.25) is 0 Å². The van der Waals surface area contributed by atoms with Crippen molar-refractivity contribution in [2.75, 3.05) is 26.8 Å². The maximum atomic E-state index is 13.6. The Morgan fingerprint density at radius 2 is 2.00 bits per heavy atom. The summed E-state index contributed by atoms with van der Waals surface area (Å²) in [5.41, 5.74) is 0.329. The lowest BCUT2D eigenvalue weighted by Gasteiger charge is -2.29. The Morgan fingerprint density at radius 1 is 1.38 bits per heavy atom. The molecule has 0 aromatic heterocycles. The summed E-state index contributed by atoms with van der Waals surface area (Å²) in [5.74, 6) is -4.41. The number of carbonyl (C=O) groups excluding carboxylic acids is 1. The quantitative estimate of drug-likeness (QED) is 0.807. The molecule has 1 aromatic rings. The number of likely N-dealkylation sites (tertiary alicyclic amines) is 1. The van der Waals surface area contributed by atoms with E-state index in [4.69, 9.17) is 4.74 Å². The van der Waals surface area contributed by atoms with Gasteiger partial charge in [0.2, 0.25) is 5.91 Å². The third kappa shape index (κ3) is 3.89. The number of likely N-dealkylation sites (N-methyl/N-ethyl adjacent to an activating group) is 1. The molecule has 3 atom stereocenters. The number of carbonyl (C=O) groups is 1. The number of halogens is 3. The molecule has 3 unspecified atom stereocenters. The van der Waals surface area contributed by atoms with Gasteiger partial charge in [0, 0.05) is 19.7 Å². The molecule has 0 spiro atoms. The van der Waals surface area contributed by atoms with Gasteiger partial charge in [-0.25, -0.2) is 13.2 Å². The first kappa shape index (κ1) is 18.7. The Bertz CT molecular complexity index is 574. The number of methoxy groups -OCH3 is 1. The number of hydrogen-bond donors (Lipinski definition) is 1. The van der Waals surface area contributed by atoms with E-state index in [1.165, 1.54) is 7.11 Å². The lowest BCUT2D eigenvalue weighted by molar-refractivity contribution is -0.126. The van der Waals surface area contributed by atoms with E-state index < -0.39 is 23.5 Å². The summed E-state index contributed by atoms with van der Waals surface area (Å²) in [5, 5.41) is 2.93. The van der Waals surface area contributed by atoms with Crippen LogP contribution in [0.4, 0.5) is 13.2 Å². The molecule has 1 N–H and O–H groups in total. The fourth-order valence-corrected chi connectivity index (χ4v) is 3.20. The van der Waals surface area contributed by atoms with Crippen LogP contribution in [0.15, 0.2) is 12.1 Å². The largest absolute Gasteiger partial charge is 0.384 e. The number of nitrogens with one attached hydrogen (secondary N) is 1. The van der Waals surface area contributed by atoms with Crippen molar-refractivity contribution in [2.24, 2.45) is 5.92 Å². The molecule has 1 amide bonds. The highest BCUT2D eigenvalue weighted by atomic mass is 19.2. The topological polar surface area (TPSA) is 41.6 Å². The summed E-state index contributed by atoms with van der Waals surface area (Å²) >= 11 is 0. The Balaban J connectivity index is 2.24. The SMILES string of the molecule is CCN1CCC(NC(=O)C(C)COC)C1c1cc(F)c(F)c(F)c1. The molecule has 0 saturated carbocycles. The summed E-state index contributed by atoms with van der Waals surface area (Å²) < 4.78 is 45.4. The van der Waals surface area contributed by atoms with Crippen LogP contribution in [0, 0.1) is 23.4 Å². The maximum Gasteiger partial charge on any atom is 0.225 e. The molecule has 7 heteroatoms. The molecule has 1 heterocycles. The van der Waals surface area contributed by atoms with Gasteiger partial charge in [-0.05, 0) is 30.7 Å². The summed E-state index contributed by atoms with van der Waals surface area (Å²) in [6.45, 7) is 5.32. The highest BCUT2D eigenvalue weighted by Gasteiger charge is 2.36. The van der Waals surface area contributed by atoms with Crippen molar-refractivity contribution >= 4 is 5.91 Å². The predicted octanol–water partition coefficient (Wildman–Crippen LogP) is 2.64. The standard InChI is InChI=1S/C17H23F3N2O2/c1-4-22-6-5-14(21-17(23)10(2)9-24-3)16(22)11-7-12(18)15(20)13(19)8-11/h7-8,10,14,16H,4-6,9H2,1-3H3,(H,21,23). The average Bonchev–Trinajstić information content (AvgIpc) is 2.94. The monoisotopic (exact) mass is 344 g/mol. The van der Waals surface area contributed by atoms with Gasteiger partial charge in [0.05, 0.1) is 18.6 Å². The highest BCUT2D eigenvalue weighted by molar-refractivity contribution is 5.78. The number of nitrogens with zero attached hydrogens (tertiary/aromatic N) is 1. The number of ether oxygens (including phenoxy) is 1. The molecule has 0 aliphatic carbocycles. The van der Waals surface area contributed by atoms with Crippen LogP contribution in [-0.4, -0.2) is 43.7 Å². The normalized spacial score (nSPS) is 22.6. The smallest absolute Gasteiger partial charge is 0.225 e. The van der Waals surface area contributed by atoms with Crippen LogP contribution in [-0.2, 0) is 9.53 Å². The Labute approximate surface area is 140 Å². The number of benzene rings is 1. The van der Waals surface area contributed by atoms with E-state index in [9.17, 15) is 18.0 Å². The van der Waals surface area contributed by atoms with E-state index in [1.54, 1.807) is 6.92 Å². The zero-order valence-electron chi connectivity index (χ0n) is 14.1. The van der Waals surface area contributed by atoms with Crippen molar-refractivity contribution in [1.29, 1.82) is 0 Å². The zero-order chi connectivity index (χ0) is 17.9. The van der Waals surface area contributed by atoms with Gasteiger partial charge in [0.25, 0.3) is 0 Å². The summed E-state index contributed by atoms with van der Waals surface area (Å²) in [7, 11) is 1.52. The Morgan fingerprint density at radius 3 is 2.54 bits per heavy atom. The predicted molar refractivity (Wildman–Crippen MR) is 83.9 cm³/mol. The lowest BCUT2D eigenvalue weighted by Crippen LogP contribution is -2.42. The van der Waals surface area contributed by atoms with Crippen molar-refractivity contribution in [3.05, 3.63) is 35.1 Å². The molecule has 1 aromatic carbocycles. The Hall–Kier alpha value is -1.60.